The lowest BCUT2D eigenvalue weighted by Crippen LogP contribution is -2.28. The molecule has 1 saturated heterocycles. The molecule has 1 aliphatic rings. The van der Waals surface area contributed by atoms with Crippen LogP contribution >= 0.6 is 12.4 Å². The van der Waals surface area contributed by atoms with Gasteiger partial charge in [-0.2, -0.15) is 13.2 Å². The van der Waals surface area contributed by atoms with Crippen LogP contribution in [-0.4, -0.2) is 20.2 Å². The van der Waals surface area contributed by atoms with Crippen LogP contribution < -0.4 is 10.1 Å². The van der Waals surface area contributed by atoms with E-state index in [1.165, 1.54) is 7.11 Å². The minimum absolute atomic E-state index is 0. The third-order valence-corrected chi connectivity index (χ3v) is 3.36. The summed E-state index contributed by atoms with van der Waals surface area (Å²) in [5, 5.41) is 3.15. The van der Waals surface area contributed by atoms with Crippen LogP contribution in [-0.2, 0) is 6.18 Å². The van der Waals surface area contributed by atoms with Gasteiger partial charge in [-0.25, -0.2) is 4.39 Å². The van der Waals surface area contributed by atoms with E-state index in [2.05, 4.69) is 5.32 Å². The molecule has 20 heavy (non-hydrogen) atoms. The Kier molecular flexibility index (Phi) is 5.65. The van der Waals surface area contributed by atoms with Gasteiger partial charge in [-0.1, -0.05) is 0 Å². The molecule has 1 N–H and O–H groups in total. The van der Waals surface area contributed by atoms with Crippen molar-refractivity contribution in [3.05, 3.63) is 29.1 Å². The predicted molar refractivity (Wildman–Crippen MR) is 70.0 cm³/mol. The van der Waals surface area contributed by atoms with Crippen LogP contribution in [0.1, 0.15) is 29.9 Å². The molecule has 0 saturated carbocycles. The zero-order valence-electron chi connectivity index (χ0n) is 10.9. The second kappa shape index (κ2) is 6.63. The molecule has 1 aromatic carbocycles. The molecule has 7 heteroatoms. The molecule has 0 radical (unpaired) electrons. The molecule has 114 valence electrons. The summed E-state index contributed by atoms with van der Waals surface area (Å²) in [6.45, 7) is 1.50. The highest BCUT2D eigenvalue weighted by Gasteiger charge is 2.36. The van der Waals surface area contributed by atoms with Crippen molar-refractivity contribution in [1.82, 2.24) is 5.32 Å². The standard InChI is InChI=1S/C13H15F4NO.ClH/c1-19-12-6-10(13(15,16)17)11(14)5-9(12)8-3-2-4-18-7-8;/h5-6,8,18H,2-4,7H2,1H3;1H/t8-;/m1./s1. The summed E-state index contributed by atoms with van der Waals surface area (Å²) in [5.41, 5.74) is -0.780. The lowest BCUT2D eigenvalue weighted by atomic mass is 9.90. The molecule has 1 aliphatic heterocycles. The average molecular weight is 314 g/mol. The zero-order chi connectivity index (χ0) is 14.0. The van der Waals surface area contributed by atoms with Crippen molar-refractivity contribution in [3.8, 4) is 5.75 Å². The van der Waals surface area contributed by atoms with Crippen molar-refractivity contribution in [2.75, 3.05) is 20.2 Å². The zero-order valence-corrected chi connectivity index (χ0v) is 11.7. The van der Waals surface area contributed by atoms with Crippen molar-refractivity contribution < 1.29 is 22.3 Å². The summed E-state index contributed by atoms with van der Waals surface area (Å²) >= 11 is 0. The molecule has 0 amide bonds. The van der Waals surface area contributed by atoms with E-state index >= 15 is 0 Å². The summed E-state index contributed by atoms with van der Waals surface area (Å²) in [7, 11) is 1.30. The van der Waals surface area contributed by atoms with Gasteiger partial charge >= 0.3 is 6.18 Å². The number of piperidine rings is 1. The fourth-order valence-corrected chi connectivity index (χ4v) is 2.40. The molecule has 0 spiro atoms. The molecule has 0 unspecified atom stereocenters. The lowest BCUT2D eigenvalue weighted by molar-refractivity contribution is -0.140. The molecule has 1 fully saturated rings. The Morgan fingerprint density at radius 3 is 2.50 bits per heavy atom. The monoisotopic (exact) mass is 313 g/mol. The maximum atomic E-state index is 13.6. The number of halogens is 5. The van der Waals surface area contributed by atoms with Crippen LogP contribution in [0.2, 0.25) is 0 Å². The minimum Gasteiger partial charge on any atom is -0.496 e. The first-order chi connectivity index (χ1) is 8.93. The largest absolute Gasteiger partial charge is 0.496 e. The van der Waals surface area contributed by atoms with E-state index in [-0.39, 0.29) is 24.1 Å². The number of nitrogens with one attached hydrogen (secondary N) is 1. The van der Waals surface area contributed by atoms with E-state index < -0.39 is 17.6 Å². The maximum Gasteiger partial charge on any atom is 0.419 e. The maximum absolute atomic E-state index is 13.6. The number of rotatable bonds is 2. The first-order valence-electron chi connectivity index (χ1n) is 6.09. The topological polar surface area (TPSA) is 21.3 Å². The normalized spacial score (nSPS) is 19.4. The average Bonchev–Trinajstić information content (AvgIpc) is 2.38. The predicted octanol–water partition coefficient (Wildman–Crippen LogP) is 3.74. The first kappa shape index (κ1) is 17.0. The number of benzene rings is 1. The molecule has 1 heterocycles. The molecule has 2 nitrogen and oxygen atoms in total. The minimum atomic E-state index is -4.71. The molecule has 0 aliphatic carbocycles. The van der Waals surface area contributed by atoms with Gasteiger partial charge in [-0.15, -0.1) is 12.4 Å². The van der Waals surface area contributed by atoms with Crippen LogP contribution in [0.25, 0.3) is 0 Å². The van der Waals surface area contributed by atoms with Gasteiger partial charge in [0, 0.05) is 18.0 Å². The Bertz CT molecular complexity index is 458. The van der Waals surface area contributed by atoms with Crippen molar-refractivity contribution in [2.45, 2.75) is 24.9 Å². The molecule has 1 aromatic rings. The fraction of sp³-hybridized carbons (Fsp3) is 0.538. The summed E-state index contributed by atoms with van der Waals surface area (Å²) < 4.78 is 56.5. The highest BCUT2D eigenvalue weighted by Crippen LogP contribution is 2.38. The van der Waals surface area contributed by atoms with E-state index in [0.717, 1.165) is 31.5 Å². The Balaban J connectivity index is 0.00000200. The molecular weight excluding hydrogens is 298 g/mol. The van der Waals surface area contributed by atoms with Crippen LogP contribution in [0.15, 0.2) is 12.1 Å². The Labute approximate surface area is 120 Å². The van der Waals surface area contributed by atoms with Crippen molar-refractivity contribution in [3.63, 3.8) is 0 Å². The Morgan fingerprint density at radius 1 is 1.30 bits per heavy atom. The van der Waals surface area contributed by atoms with Gasteiger partial charge in [0.1, 0.15) is 11.6 Å². The quantitative estimate of drug-likeness (QED) is 0.840. The number of alkyl halides is 3. The summed E-state index contributed by atoms with van der Waals surface area (Å²) in [6.07, 6.45) is -2.98. The van der Waals surface area contributed by atoms with Crippen molar-refractivity contribution >= 4 is 12.4 Å². The molecular formula is C13H16ClF4NO. The fourth-order valence-electron chi connectivity index (χ4n) is 2.40. The molecule has 1 atom stereocenters. The van der Waals surface area contributed by atoms with Crippen LogP contribution in [0.3, 0.4) is 0 Å². The van der Waals surface area contributed by atoms with E-state index in [4.69, 9.17) is 4.74 Å². The van der Waals surface area contributed by atoms with Gasteiger partial charge in [0.2, 0.25) is 0 Å². The summed E-state index contributed by atoms with van der Waals surface area (Å²) in [4.78, 5) is 0. The third-order valence-electron chi connectivity index (χ3n) is 3.36. The highest BCUT2D eigenvalue weighted by molar-refractivity contribution is 5.85. The van der Waals surface area contributed by atoms with Gasteiger partial charge in [0.15, 0.2) is 0 Å². The van der Waals surface area contributed by atoms with E-state index in [9.17, 15) is 17.6 Å². The number of methoxy groups -OCH3 is 1. The van der Waals surface area contributed by atoms with Gasteiger partial charge in [-0.3, -0.25) is 0 Å². The van der Waals surface area contributed by atoms with Gasteiger partial charge in [-0.05, 0) is 31.5 Å². The molecule has 0 aromatic heterocycles. The summed E-state index contributed by atoms with van der Waals surface area (Å²) in [5.74, 6) is -1.16. The second-order valence-electron chi connectivity index (χ2n) is 4.62. The van der Waals surface area contributed by atoms with Crippen molar-refractivity contribution in [1.29, 1.82) is 0 Å². The van der Waals surface area contributed by atoms with Crippen LogP contribution in [0, 0.1) is 5.82 Å². The highest BCUT2D eigenvalue weighted by atomic mass is 35.5. The summed E-state index contributed by atoms with van der Waals surface area (Å²) in [6, 6.07) is 1.71. The third kappa shape index (κ3) is 3.55. The lowest BCUT2D eigenvalue weighted by Gasteiger charge is -2.25. The van der Waals surface area contributed by atoms with Crippen LogP contribution in [0.5, 0.6) is 5.75 Å². The van der Waals surface area contributed by atoms with Gasteiger partial charge < -0.3 is 10.1 Å². The van der Waals surface area contributed by atoms with Gasteiger partial charge in [0.25, 0.3) is 0 Å². The van der Waals surface area contributed by atoms with Crippen LogP contribution in [0.4, 0.5) is 17.6 Å². The van der Waals surface area contributed by atoms with E-state index in [0.29, 0.717) is 12.1 Å². The SMILES string of the molecule is COc1cc(C(F)(F)F)c(F)cc1[C@@H]1CCCNC1.Cl. The first-order valence-corrected chi connectivity index (χ1v) is 6.09. The molecule has 2 rings (SSSR count). The smallest absolute Gasteiger partial charge is 0.419 e. The number of hydrogen-bond donors (Lipinski definition) is 1. The van der Waals surface area contributed by atoms with E-state index in [1.807, 2.05) is 0 Å². The number of hydrogen-bond acceptors (Lipinski definition) is 2. The van der Waals surface area contributed by atoms with Crippen molar-refractivity contribution in [2.24, 2.45) is 0 Å². The Morgan fingerprint density at radius 2 is 2.00 bits per heavy atom. The Hall–Kier alpha value is -1.01. The van der Waals surface area contributed by atoms with E-state index in [1.54, 1.807) is 0 Å². The number of ether oxygens (including phenoxy) is 1. The van der Waals surface area contributed by atoms with Gasteiger partial charge in [0.05, 0.1) is 12.7 Å². The second-order valence-corrected chi connectivity index (χ2v) is 4.62. The molecule has 0 bridgehead atoms.